The predicted molar refractivity (Wildman–Crippen MR) is 152 cm³/mol. The van der Waals surface area contributed by atoms with Gasteiger partial charge in [-0.15, -0.1) is 0 Å². The van der Waals surface area contributed by atoms with E-state index in [2.05, 4.69) is 5.32 Å². The van der Waals surface area contributed by atoms with Gasteiger partial charge in [-0.05, 0) is 82.9 Å². The highest BCUT2D eigenvalue weighted by molar-refractivity contribution is 6.31. The zero-order chi connectivity index (χ0) is 28.9. The Morgan fingerprint density at radius 1 is 1.05 bits per heavy atom. The molecule has 0 atom stereocenters. The molecule has 1 amide bonds. The van der Waals surface area contributed by atoms with Gasteiger partial charge in [-0.25, -0.2) is 9.78 Å². The number of rotatable bonds is 11. The smallest absolute Gasteiger partial charge is 0.349 e. The van der Waals surface area contributed by atoms with Gasteiger partial charge in [-0.1, -0.05) is 29.8 Å². The number of hydrogen-bond acceptors (Lipinski definition) is 7. The van der Waals surface area contributed by atoms with E-state index in [1.165, 1.54) is 0 Å². The number of aryl methyl sites for hydroxylation is 4. The largest absolute Gasteiger partial charge is 0.476 e. The van der Waals surface area contributed by atoms with Crippen molar-refractivity contribution in [3.63, 3.8) is 0 Å². The second-order valence-electron chi connectivity index (χ2n) is 10.2. The minimum Gasteiger partial charge on any atom is -0.476 e. The van der Waals surface area contributed by atoms with Crippen LogP contribution in [-0.4, -0.2) is 47.6 Å². The molecular weight excluding hydrogens is 518 g/mol. The van der Waals surface area contributed by atoms with Gasteiger partial charge >= 0.3 is 5.97 Å². The van der Waals surface area contributed by atoms with E-state index in [1.807, 2.05) is 62.9 Å². The van der Waals surface area contributed by atoms with E-state index in [9.17, 15) is 9.59 Å². The molecular formula is C30H38ClN3O5. The second-order valence-corrected chi connectivity index (χ2v) is 10.6. The molecule has 3 rings (SSSR count). The molecule has 0 fully saturated rings. The summed E-state index contributed by atoms with van der Waals surface area (Å²) in [6, 6.07) is 9.72. The number of aromatic nitrogens is 1. The molecule has 0 aliphatic rings. The summed E-state index contributed by atoms with van der Waals surface area (Å²) in [7, 11) is 1.62. The van der Waals surface area contributed by atoms with Crippen LogP contribution in [0, 0.1) is 27.7 Å². The number of carbonyl (C=O) groups excluding carboxylic acids is 2. The first-order chi connectivity index (χ1) is 18.3. The number of esters is 1. The molecule has 0 saturated carbocycles. The second kappa shape index (κ2) is 12.7. The molecule has 3 aromatic rings. The lowest BCUT2D eigenvalue weighted by Gasteiger charge is -2.27. The number of nitrogens with one attached hydrogen (secondary N) is 1. The Bertz CT molecular complexity index is 1330. The van der Waals surface area contributed by atoms with Crippen molar-refractivity contribution >= 4 is 23.5 Å². The number of likely N-dealkylation sites (N-methyl/N-ethyl adjacent to an activating group) is 1. The third-order valence-electron chi connectivity index (χ3n) is 6.38. The lowest BCUT2D eigenvalue weighted by molar-refractivity contribution is -0.158. The molecule has 1 N–H and O–H groups in total. The topological polar surface area (TPSA) is 93.9 Å². The summed E-state index contributed by atoms with van der Waals surface area (Å²) in [5.74, 6) is 1.29. The first-order valence-electron chi connectivity index (χ1n) is 13.0. The molecule has 0 spiro atoms. The molecule has 0 aliphatic carbocycles. The van der Waals surface area contributed by atoms with Crippen molar-refractivity contribution in [1.82, 2.24) is 15.2 Å². The first kappa shape index (κ1) is 30.2. The first-order valence-corrected chi connectivity index (χ1v) is 13.3. The fourth-order valence-corrected chi connectivity index (χ4v) is 4.42. The van der Waals surface area contributed by atoms with Crippen LogP contribution in [0.25, 0.3) is 11.5 Å². The summed E-state index contributed by atoms with van der Waals surface area (Å²) in [4.78, 5) is 31.4. The van der Waals surface area contributed by atoms with E-state index in [0.717, 1.165) is 33.5 Å². The van der Waals surface area contributed by atoms with Gasteiger partial charge in [0, 0.05) is 30.7 Å². The normalized spacial score (nSPS) is 11.5. The van der Waals surface area contributed by atoms with Crippen LogP contribution >= 0.6 is 11.6 Å². The molecule has 1 aromatic heterocycles. The van der Waals surface area contributed by atoms with E-state index in [4.69, 9.17) is 30.5 Å². The molecule has 8 nitrogen and oxygen atoms in total. The molecule has 2 aromatic carbocycles. The molecule has 9 heteroatoms. The van der Waals surface area contributed by atoms with Crippen LogP contribution < -0.4 is 10.1 Å². The Morgan fingerprint density at radius 2 is 1.72 bits per heavy atom. The van der Waals surface area contributed by atoms with Crippen molar-refractivity contribution < 1.29 is 23.5 Å². The Labute approximate surface area is 235 Å². The maximum atomic E-state index is 12.4. The van der Waals surface area contributed by atoms with E-state index < -0.39 is 11.6 Å². The molecule has 210 valence electrons. The third-order valence-corrected chi connectivity index (χ3v) is 6.79. The number of hydrogen-bond donors (Lipinski definition) is 1. The van der Waals surface area contributed by atoms with Crippen molar-refractivity contribution in [3.8, 4) is 17.2 Å². The Hall–Kier alpha value is -3.36. The third kappa shape index (κ3) is 7.61. The summed E-state index contributed by atoms with van der Waals surface area (Å²) in [6.45, 7) is 14.2. The summed E-state index contributed by atoms with van der Waals surface area (Å²) < 4.78 is 17.2. The summed E-state index contributed by atoms with van der Waals surface area (Å²) in [5.41, 5.74) is 4.17. The van der Waals surface area contributed by atoms with Gasteiger partial charge in [0.25, 0.3) is 0 Å². The van der Waals surface area contributed by atoms with Crippen LogP contribution in [0.3, 0.4) is 0 Å². The van der Waals surface area contributed by atoms with E-state index in [-0.39, 0.29) is 19.1 Å². The molecule has 39 heavy (non-hydrogen) atoms. The van der Waals surface area contributed by atoms with Gasteiger partial charge in [0.1, 0.15) is 11.5 Å². The van der Waals surface area contributed by atoms with Crippen LogP contribution in [0.5, 0.6) is 5.75 Å². The highest BCUT2D eigenvalue weighted by Crippen LogP contribution is 2.31. The number of oxazole rings is 1. The van der Waals surface area contributed by atoms with Gasteiger partial charge in [0.15, 0.2) is 5.60 Å². The van der Waals surface area contributed by atoms with Gasteiger partial charge in [0.2, 0.25) is 11.8 Å². The SMILES string of the molecule is CCOC(=O)C(C)(C)Oc1c(C)cc(CN(CC(=O)NC)Cc2nc(-c3ccc(C)c(Cl)c3)oc2C)cc1C. The van der Waals surface area contributed by atoms with Crippen LogP contribution in [0.1, 0.15) is 54.5 Å². The van der Waals surface area contributed by atoms with Gasteiger partial charge in [0.05, 0.1) is 18.8 Å². The van der Waals surface area contributed by atoms with Crippen LogP contribution in [0.2, 0.25) is 5.02 Å². The Balaban J connectivity index is 1.85. The van der Waals surface area contributed by atoms with E-state index in [1.54, 1.807) is 27.8 Å². The lowest BCUT2D eigenvalue weighted by atomic mass is 10.0. The number of nitrogens with zero attached hydrogens (tertiary/aromatic N) is 2. The van der Waals surface area contributed by atoms with Crippen molar-refractivity contribution in [2.75, 3.05) is 20.2 Å². The fraction of sp³-hybridized carbons (Fsp3) is 0.433. The standard InChI is InChI=1S/C30H38ClN3O5/c1-9-37-29(36)30(6,7)39-27-19(3)12-22(13-20(27)4)15-34(17-26(35)32-8)16-25-21(5)38-28(33-25)23-11-10-18(2)24(31)14-23/h10-14H,9,15-17H2,1-8H3,(H,32,35). The lowest BCUT2D eigenvalue weighted by Crippen LogP contribution is -2.40. The minimum absolute atomic E-state index is 0.105. The molecule has 0 unspecified atom stereocenters. The number of carbonyl (C=O) groups is 2. The number of halogens is 1. The molecule has 0 bridgehead atoms. The van der Waals surface area contributed by atoms with Crippen LogP contribution in [0.15, 0.2) is 34.7 Å². The zero-order valence-corrected chi connectivity index (χ0v) is 24.8. The van der Waals surface area contributed by atoms with Crippen molar-refractivity contribution in [1.29, 1.82) is 0 Å². The van der Waals surface area contributed by atoms with Gasteiger partial charge in [-0.3, -0.25) is 9.69 Å². The average molecular weight is 556 g/mol. The van der Waals surface area contributed by atoms with Crippen molar-refractivity contribution in [2.45, 2.75) is 67.2 Å². The van der Waals surface area contributed by atoms with Gasteiger partial charge < -0.3 is 19.2 Å². The van der Waals surface area contributed by atoms with Crippen molar-refractivity contribution in [2.24, 2.45) is 0 Å². The maximum Gasteiger partial charge on any atom is 0.349 e. The molecule has 0 saturated heterocycles. The average Bonchev–Trinajstić information content (AvgIpc) is 3.23. The summed E-state index contributed by atoms with van der Waals surface area (Å²) >= 11 is 6.31. The maximum absolute atomic E-state index is 12.4. The minimum atomic E-state index is -1.12. The van der Waals surface area contributed by atoms with E-state index >= 15 is 0 Å². The number of benzene rings is 2. The quantitative estimate of drug-likeness (QED) is 0.303. The summed E-state index contributed by atoms with van der Waals surface area (Å²) in [5, 5.41) is 3.35. The Kier molecular flexibility index (Phi) is 9.80. The van der Waals surface area contributed by atoms with Crippen LogP contribution in [0.4, 0.5) is 0 Å². The molecule has 1 heterocycles. The molecule has 0 aliphatic heterocycles. The fourth-order valence-electron chi connectivity index (χ4n) is 4.24. The van der Waals surface area contributed by atoms with E-state index in [0.29, 0.717) is 35.5 Å². The zero-order valence-electron chi connectivity index (χ0n) is 24.0. The highest BCUT2D eigenvalue weighted by Gasteiger charge is 2.32. The highest BCUT2D eigenvalue weighted by atomic mass is 35.5. The van der Waals surface area contributed by atoms with Crippen molar-refractivity contribution in [3.05, 3.63) is 69.1 Å². The number of amides is 1. The van der Waals surface area contributed by atoms with Gasteiger partial charge in [-0.2, -0.15) is 0 Å². The summed E-state index contributed by atoms with van der Waals surface area (Å²) in [6.07, 6.45) is 0. The van der Waals surface area contributed by atoms with Crippen LogP contribution in [-0.2, 0) is 27.4 Å². The monoisotopic (exact) mass is 555 g/mol. The molecule has 0 radical (unpaired) electrons. The number of ether oxygens (including phenoxy) is 2. The predicted octanol–water partition coefficient (Wildman–Crippen LogP) is 5.70. The Morgan fingerprint density at radius 3 is 2.31 bits per heavy atom.